The lowest BCUT2D eigenvalue weighted by atomic mass is 10.1. The number of nitrogens with zero attached hydrogens (tertiary/aromatic N) is 1. The van der Waals surface area contributed by atoms with Gasteiger partial charge in [0.25, 0.3) is 5.91 Å². The van der Waals surface area contributed by atoms with Crippen LogP contribution in [0, 0.1) is 25.2 Å². The zero-order valence-corrected chi connectivity index (χ0v) is 14.1. The lowest BCUT2D eigenvalue weighted by molar-refractivity contribution is -0.149. The van der Waals surface area contributed by atoms with Gasteiger partial charge >= 0.3 is 5.97 Å². The molecule has 0 spiro atoms. The van der Waals surface area contributed by atoms with Crippen LogP contribution in [0.25, 0.3) is 0 Å². The van der Waals surface area contributed by atoms with Gasteiger partial charge in [0.15, 0.2) is 13.2 Å². The summed E-state index contributed by atoms with van der Waals surface area (Å²) >= 11 is 1.23. The van der Waals surface area contributed by atoms with Gasteiger partial charge in [-0.1, -0.05) is 12.1 Å². The molecule has 24 heavy (non-hydrogen) atoms. The summed E-state index contributed by atoms with van der Waals surface area (Å²) in [6.45, 7) is 3.14. The highest BCUT2D eigenvalue weighted by Gasteiger charge is 2.12. The van der Waals surface area contributed by atoms with Crippen LogP contribution < -0.4 is 10.1 Å². The number of esters is 1. The minimum atomic E-state index is -0.641. The van der Waals surface area contributed by atoms with Crippen molar-refractivity contribution in [2.24, 2.45) is 0 Å². The minimum absolute atomic E-state index is 0.278. The number of rotatable bonds is 6. The highest BCUT2D eigenvalue weighted by Crippen LogP contribution is 2.22. The van der Waals surface area contributed by atoms with Crippen molar-refractivity contribution in [2.75, 3.05) is 18.5 Å². The molecular weight excluding hydrogens is 328 g/mol. The van der Waals surface area contributed by atoms with Gasteiger partial charge in [-0.05, 0) is 42.5 Å². The molecule has 0 fully saturated rings. The van der Waals surface area contributed by atoms with Gasteiger partial charge in [0, 0.05) is 0 Å². The van der Waals surface area contributed by atoms with E-state index in [1.807, 2.05) is 32.0 Å². The number of anilines is 1. The smallest absolute Gasteiger partial charge is 0.344 e. The molecular formula is C17H16N2O4S. The van der Waals surface area contributed by atoms with E-state index in [0.29, 0.717) is 16.3 Å². The Morgan fingerprint density at radius 1 is 1.25 bits per heavy atom. The fourth-order valence-corrected chi connectivity index (χ4v) is 2.62. The summed E-state index contributed by atoms with van der Waals surface area (Å²) in [4.78, 5) is 23.4. The summed E-state index contributed by atoms with van der Waals surface area (Å²) in [5.41, 5.74) is 2.38. The van der Waals surface area contributed by atoms with Crippen molar-refractivity contribution in [1.29, 1.82) is 5.26 Å². The molecule has 0 saturated heterocycles. The van der Waals surface area contributed by atoms with Crippen LogP contribution in [0.4, 0.5) is 5.00 Å². The second-order valence-electron chi connectivity index (χ2n) is 4.97. The largest absolute Gasteiger partial charge is 0.482 e. The quantitative estimate of drug-likeness (QED) is 0.814. The SMILES string of the molecule is Cc1cccc(OCC(=O)OCC(=O)Nc2sccc2C#N)c1C. The fourth-order valence-electron chi connectivity index (χ4n) is 1.86. The predicted octanol–water partition coefficient (Wildman–Crippen LogP) is 2.80. The number of hydrogen-bond donors (Lipinski definition) is 1. The van der Waals surface area contributed by atoms with Gasteiger partial charge in [0.05, 0.1) is 5.56 Å². The van der Waals surface area contributed by atoms with Crippen molar-refractivity contribution in [3.8, 4) is 11.8 Å². The zero-order chi connectivity index (χ0) is 17.5. The molecule has 0 aliphatic carbocycles. The Labute approximate surface area is 143 Å². The summed E-state index contributed by atoms with van der Waals surface area (Å²) in [5.74, 6) is -0.541. The van der Waals surface area contributed by atoms with Crippen molar-refractivity contribution in [2.45, 2.75) is 13.8 Å². The van der Waals surface area contributed by atoms with Crippen LogP contribution in [0.5, 0.6) is 5.75 Å². The summed E-state index contributed by atoms with van der Waals surface area (Å²) in [6, 6.07) is 9.12. The van der Waals surface area contributed by atoms with Crippen LogP contribution in [0.2, 0.25) is 0 Å². The van der Waals surface area contributed by atoms with E-state index in [1.54, 1.807) is 17.5 Å². The second-order valence-corrected chi connectivity index (χ2v) is 5.89. The van der Waals surface area contributed by atoms with Gasteiger partial charge < -0.3 is 14.8 Å². The molecule has 0 aliphatic rings. The van der Waals surface area contributed by atoms with Crippen LogP contribution >= 0.6 is 11.3 Å². The maximum absolute atomic E-state index is 11.7. The molecule has 7 heteroatoms. The Morgan fingerprint density at radius 2 is 2.04 bits per heavy atom. The average molecular weight is 344 g/mol. The number of carbonyl (C=O) groups is 2. The lowest BCUT2D eigenvalue weighted by Gasteiger charge is -2.10. The summed E-state index contributed by atoms with van der Waals surface area (Å²) in [6.07, 6.45) is 0. The standard InChI is InChI=1S/C17H16N2O4S/c1-11-4-3-5-14(12(11)2)22-10-16(21)23-9-15(20)19-17-13(8-18)6-7-24-17/h3-7H,9-10H2,1-2H3,(H,19,20). The number of hydrogen-bond acceptors (Lipinski definition) is 6. The van der Waals surface area contributed by atoms with E-state index < -0.39 is 18.5 Å². The first kappa shape index (κ1) is 17.5. The predicted molar refractivity (Wildman–Crippen MR) is 90.0 cm³/mol. The van der Waals surface area contributed by atoms with Crippen molar-refractivity contribution >= 4 is 28.2 Å². The van der Waals surface area contributed by atoms with Crippen LogP contribution in [0.3, 0.4) is 0 Å². The van der Waals surface area contributed by atoms with Gasteiger partial charge in [0.2, 0.25) is 0 Å². The van der Waals surface area contributed by atoms with E-state index in [9.17, 15) is 9.59 Å². The number of amides is 1. The molecule has 1 N–H and O–H groups in total. The Balaban J connectivity index is 1.78. The van der Waals surface area contributed by atoms with E-state index in [4.69, 9.17) is 14.7 Å². The topological polar surface area (TPSA) is 88.4 Å². The van der Waals surface area contributed by atoms with Crippen molar-refractivity contribution in [3.63, 3.8) is 0 Å². The third-order valence-electron chi connectivity index (χ3n) is 3.30. The average Bonchev–Trinajstić information content (AvgIpc) is 3.01. The number of carbonyl (C=O) groups excluding carboxylic acids is 2. The molecule has 1 aromatic carbocycles. The third kappa shape index (κ3) is 4.57. The molecule has 0 aliphatic heterocycles. The maximum atomic E-state index is 11.7. The van der Waals surface area contributed by atoms with Crippen molar-refractivity contribution in [3.05, 3.63) is 46.3 Å². The molecule has 1 aromatic heterocycles. The zero-order valence-electron chi connectivity index (χ0n) is 13.3. The minimum Gasteiger partial charge on any atom is -0.482 e. The van der Waals surface area contributed by atoms with Crippen LogP contribution in [-0.2, 0) is 14.3 Å². The number of ether oxygens (including phenoxy) is 2. The molecule has 0 atom stereocenters. The highest BCUT2D eigenvalue weighted by molar-refractivity contribution is 7.14. The monoisotopic (exact) mass is 344 g/mol. The van der Waals surface area contributed by atoms with E-state index in [1.165, 1.54) is 11.3 Å². The van der Waals surface area contributed by atoms with E-state index in [2.05, 4.69) is 5.32 Å². The van der Waals surface area contributed by atoms with Crippen molar-refractivity contribution in [1.82, 2.24) is 0 Å². The lowest BCUT2D eigenvalue weighted by Crippen LogP contribution is -2.23. The Hall–Kier alpha value is -2.85. The fraction of sp³-hybridized carbons (Fsp3) is 0.235. The number of aryl methyl sites for hydroxylation is 1. The summed E-state index contributed by atoms with van der Waals surface area (Å²) < 4.78 is 10.3. The Bertz CT molecular complexity index is 792. The van der Waals surface area contributed by atoms with Crippen LogP contribution in [-0.4, -0.2) is 25.1 Å². The normalized spacial score (nSPS) is 9.88. The van der Waals surface area contributed by atoms with Gasteiger partial charge in [-0.25, -0.2) is 4.79 Å². The highest BCUT2D eigenvalue weighted by atomic mass is 32.1. The number of thiophene rings is 1. The number of nitrogens with one attached hydrogen (secondary N) is 1. The van der Waals surface area contributed by atoms with Crippen LogP contribution in [0.1, 0.15) is 16.7 Å². The van der Waals surface area contributed by atoms with Gasteiger partial charge in [0.1, 0.15) is 16.8 Å². The molecule has 124 valence electrons. The first-order valence-corrected chi connectivity index (χ1v) is 8.01. The maximum Gasteiger partial charge on any atom is 0.344 e. The van der Waals surface area contributed by atoms with Gasteiger partial charge in [-0.3, -0.25) is 4.79 Å². The number of nitriles is 1. The van der Waals surface area contributed by atoms with Crippen molar-refractivity contribution < 1.29 is 19.1 Å². The Morgan fingerprint density at radius 3 is 2.79 bits per heavy atom. The van der Waals surface area contributed by atoms with Gasteiger partial charge in [-0.15, -0.1) is 11.3 Å². The molecule has 2 aromatic rings. The second kappa shape index (κ2) is 8.13. The molecule has 0 saturated carbocycles. The van der Waals surface area contributed by atoms with Gasteiger partial charge in [-0.2, -0.15) is 5.26 Å². The molecule has 2 rings (SSSR count). The van der Waals surface area contributed by atoms with Crippen LogP contribution in [0.15, 0.2) is 29.6 Å². The molecule has 0 bridgehead atoms. The Kier molecular flexibility index (Phi) is 5.93. The first-order chi connectivity index (χ1) is 11.5. The molecule has 1 amide bonds. The third-order valence-corrected chi connectivity index (χ3v) is 4.13. The molecule has 1 heterocycles. The summed E-state index contributed by atoms with van der Waals surface area (Å²) in [5, 5.41) is 13.5. The molecule has 6 nitrogen and oxygen atoms in total. The molecule has 0 radical (unpaired) electrons. The van der Waals surface area contributed by atoms with E-state index >= 15 is 0 Å². The van der Waals surface area contributed by atoms with E-state index in [-0.39, 0.29) is 6.61 Å². The number of benzene rings is 1. The summed E-state index contributed by atoms with van der Waals surface area (Å²) in [7, 11) is 0. The molecule has 0 unspecified atom stereocenters. The first-order valence-electron chi connectivity index (χ1n) is 7.13. The van der Waals surface area contributed by atoms with E-state index in [0.717, 1.165) is 11.1 Å².